The number of likely N-dealkylation sites (tertiary alicyclic amines) is 1. The zero-order valence-corrected chi connectivity index (χ0v) is 18.7. The van der Waals surface area contributed by atoms with Crippen molar-refractivity contribution in [3.63, 3.8) is 0 Å². The summed E-state index contributed by atoms with van der Waals surface area (Å²) in [5.74, 6) is 0.658. The van der Waals surface area contributed by atoms with Crippen molar-refractivity contribution >= 4 is 16.7 Å². The van der Waals surface area contributed by atoms with E-state index in [1.165, 1.54) is 12.3 Å². The Bertz CT molecular complexity index is 1310. The number of carbonyl (C=O) groups is 1. The van der Waals surface area contributed by atoms with Gasteiger partial charge in [0.1, 0.15) is 18.6 Å². The Kier molecular flexibility index (Phi) is 6.18. The number of nitrogens with zero attached hydrogens (tertiary/aromatic N) is 2. The maximum atomic E-state index is 12.6. The smallest absolute Gasteiger partial charge is 0.253 e. The Labute approximate surface area is 196 Å². The Hall–Kier alpha value is -3.84. The van der Waals surface area contributed by atoms with Gasteiger partial charge in [0.25, 0.3) is 5.91 Å². The van der Waals surface area contributed by atoms with Crippen LogP contribution in [0, 0.1) is 0 Å². The highest BCUT2D eigenvalue weighted by atomic mass is 16.5. The van der Waals surface area contributed by atoms with Crippen molar-refractivity contribution in [3.05, 3.63) is 100 Å². The van der Waals surface area contributed by atoms with Crippen molar-refractivity contribution in [3.8, 4) is 5.75 Å². The average molecular weight is 459 g/mol. The van der Waals surface area contributed by atoms with Crippen molar-refractivity contribution < 1.29 is 19.1 Å². The van der Waals surface area contributed by atoms with E-state index in [1.54, 1.807) is 17.0 Å². The number of benzene rings is 2. The number of piperidine rings is 1. The second-order valence-corrected chi connectivity index (χ2v) is 8.64. The van der Waals surface area contributed by atoms with Gasteiger partial charge >= 0.3 is 0 Å². The summed E-state index contributed by atoms with van der Waals surface area (Å²) < 4.78 is 13.3. The molecule has 0 radical (unpaired) electrons. The number of hydrogen-bond acceptors (Lipinski definition) is 5. The first-order valence-electron chi connectivity index (χ1n) is 11.4. The van der Waals surface area contributed by atoms with E-state index >= 15 is 0 Å². The molecule has 0 aliphatic carbocycles. The summed E-state index contributed by atoms with van der Waals surface area (Å²) in [7, 11) is 0. The number of fused-ring (bicyclic) bond motifs is 1. The average Bonchev–Trinajstić information content (AvgIpc) is 3.26. The quantitative estimate of drug-likeness (QED) is 0.475. The van der Waals surface area contributed by atoms with Crippen LogP contribution in [-0.4, -0.2) is 39.7 Å². The number of amides is 1. The predicted octanol–water partition coefficient (Wildman–Crippen LogP) is 3.82. The minimum atomic E-state index is -0.315. The number of aliphatic hydroxyl groups excluding tert-OH is 1. The lowest BCUT2D eigenvalue weighted by molar-refractivity contribution is 0.0546. The first-order chi connectivity index (χ1) is 16.5. The van der Waals surface area contributed by atoms with Crippen LogP contribution in [0.2, 0.25) is 0 Å². The molecule has 0 unspecified atom stereocenters. The van der Waals surface area contributed by atoms with E-state index in [0.717, 1.165) is 16.3 Å². The minimum Gasteiger partial charge on any atom is -0.482 e. The molecule has 0 spiro atoms. The molecule has 1 aliphatic heterocycles. The minimum absolute atomic E-state index is 0.0359. The van der Waals surface area contributed by atoms with Crippen molar-refractivity contribution in [2.75, 3.05) is 13.1 Å². The van der Waals surface area contributed by atoms with Crippen LogP contribution in [0.4, 0.5) is 0 Å². The molecule has 1 saturated heterocycles. The second kappa shape index (κ2) is 9.57. The van der Waals surface area contributed by atoms with Gasteiger partial charge in [0, 0.05) is 37.1 Å². The zero-order chi connectivity index (χ0) is 23.5. The molecule has 1 amide bonds. The lowest BCUT2D eigenvalue weighted by atomic mass is 10.1. The number of ether oxygens (including phenoxy) is 1. The van der Waals surface area contributed by atoms with Crippen molar-refractivity contribution in [1.29, 1.82) is 0 Å². The fourth-order valence-electron chi connectivity index (χ4n) is 4.19. The molecule has 5 rings (SSSR count). The van der Waals surface area contributed by atoms with Gasteiger partial charge in [0.2, 0.25) is 11.2 Å². The lowest BCUT2D eigenvalue weighted by Gasteiger charge is -2.29. The van der Waals surface area contributed by atoms with Crippen molar-refractivity contribution in [2.45, 2.75) is 32.1 Å². The van der Waals surface area contributed by atoms with Gasteiger partial charge in [-0.25, -0.2) is 0 Å². The van der Waals surface area contributed by atoms with E-state index in [1.807, 2.05) is 53.4 Å². The summed E-state index contributed by atoms with van der Waals surface area (Å²) in [5, 5.41) is 11.9. The maximum Gasteiger partial charge on any atom is 0.253 e. The topological polar surface area (TPSA) is 84.9 Å². The van der Waals surface area contributed by atoms with Gasteiger partial charge in [-0.05, 0) is 41.3 Å². The van der Waals surface area contributed by atoms with Gasteiger partial charge in [-0.3, -0.25) is 9.59 Å². The van der Waals surface area contributed by atoms with E-state index in [4.69, 9.17) is 9.15 Å². The van der Waals surface area contributed by atoms with E-state index in [2.05, 4.69) is 0 Å². The molecule has 1 N–H and O–H groups in total. The predicted molar refractivity (Wildman–Crippen MR) is 128 cm³/mol. The number of aromatic nitrogens is 1. The maximum absolute atomic E-state index is 12.6. The second-order valence-electron chi connectivity index (χ2n) is 8.64. The molecule has 2 aromatic heterocycles. The van der Waals surface area contributed by atoms with E-state index < -0.39 is 0 Å². The number of hydrogen-bond donors (Lipinski definition) is 1. The first kappa shape index (κ1) is 22.0. The highest BCUT2D eigenvalue weighted by Crippen LogP contribution is 2.18. The molecule has 3 heterocycles. The van der Waals surface area contributed by atoms with Gasteiger partial charge in [-0.2, -0.15) is 0 Å². The van der Waals surface area contributed by atoms with Crippen LogP contribution in [0.25, 0.3) is 10.8 Å². The van der Waals surface area contributed by atoms with Crippen LogP contribution in [0.5, 0.6) is 5.75 Å². The molecule has 0 saturated carbocycles. The fourth-order valence-corrected chi connectivity index (χ4v) is 4.19. The summed E-state index contributed by atoms with van der Waals surface area (Å²) in [4.78, 5) is 26.9. The monoisotopic (exact) mass is 458 g/mol. The summed E-state index contributed by atoms with van der Waals surface area (Å²) in [5.41, 5.74) is 1.20. The molecule has 1 fully saturated rings. The van der Waals surface area contributed by atoms with Gasteiger partial charge < -0.3 is 23.7 Å². The molecule has 1 aliphatic rings. The Morgan fingerprint density at radius 3 is 2.35 bits per heavy atom. The van der Waals surface area contributed by atoms with Crippen LogP contribution in [0.3, 0.4) is 0 Å². The number of rotatable bonds is 6. The van der Waals surface area contributed by atoms with Gasteiger partial charge in [0.15, 0.2) is 0 Å². The normalized spacial score (nSPS) is 14.4. The summed E-state index contributed by atoms with van der Waals surface area (Å²) in [6, 6.07) is 16.7. The molecule has 7 nitrogen and oxygen atoms in total. The fraction of sp³-hybridized carbons (Fsp3) is 0.259. The highest BCUT2D eigenvalue weighted by molar-refractivity contribution is 5.94. The van der Waals surface area contributed by atoms with Gasteiger partial charge in [-0.1, -0.05) is 36.4 Å². The molecule has 174 valence electrons. The molecule has 0 bridgehead atoms. The molecule has 4 aromatic rings. The summed E-state index contributed by atoms with van der Waals surface area (Å²) in [6.45, 7) is 1.78. The van der Waals surface area contributed by atoms with Crippen LogP contribution in [-0.2, 0) is 13.2 Å². The molecule has 0 atom stereocenters. The third kappa shape index (κ3) is 4.89. The van der Waals surface area contributed by atoms with Crippen molar-refractivity contribution in [2.24, 2.45) is 0 Å². The SMILES string of the molecule is O=C(c1ccc(COc2coc(Cn3cc4ccccc4c3)cc2=O)cc1)N1CCC(O)CC1. The highest BCUT2D eigenvalue weighted by Gasteiger charge is 2.22. The Balaban J connectivity index is 1.18. The molecular formula is C27H26N2O5. The van der Waals surface area contributed by atoms with Crippen LogP contribution < -0.4 is 10.2 Å². The molecule has 7 heteroatoms. The molecule has 2 aromatic carbocycles. The lowest BCUT2D eigenvalue weighted by Crippen LogP contribution is -2.40. The largest absolute Gasteiger partial charge is 0.482 e. The van der Waals surface area contributed by atoms with E-state index in [-0.39, 0.29) is 29.8 Å². The van der Waals surface area contributed by atoms with E-state index in [0.29, 0.717) is 43.8 Å². The van der Waals surface area contributed by atoms with Crippen LogP contribution in [0.15, 0.2) is 82.5 Å². The molecule has 34 heavy (non-hydrogen) atoms. The standard InChI is InChI=1S/C27H26N2O5/c30-23-9-11-29(12-10-23)27(32)20-7-5-19(6-8-20)17-34-26-18-33-24(13-25(26)31)16-28-14-21-3-1-2-4-22(21)15-28/h1-8,13-15,18,23,30H,9-12,16-17H2. The molecular weight excluding hydrogens is 432 g/mol. The van der Waals surface area contributed by atoms with E-state index in [9.17, 15) is 14.7 Å². The van der Waals surface area contributed by atoms with Crippen LogP contribution in [0.1, 0.15) is 34.5 Å². The zero-order valence-electron chi connectivity index (χ0n) is 18.7. The van der Waals surface area contributed by atoms with Crippen molar-refractivity contribution in [1.82, 2.24) is 9.47 Å². The Morgan fingerprint density at radius 2 is 1.71 bits per heavy atom. The summed E-state index contributed by atoms with van der Waals surface area (Å²) in [6.07, 6.45) is 6.29. The first-order valence-corrected chi connectivity index (χ1v) is 11.4. The van der Waals surface area contributed by atoms with Crippen LogP contribution >= 0.6 is 0 Å². The third-order valence-electron chi connectivity index (χ3n) is 6.14. The summed E-state index contributed by atoms with van der Waals surface area (Å²) >= 11 is 0. The van der Waals surface area contributed by atoms with Gasteiger partial charge in [0.05, 0.1) is 12.6 Å². The number of aliphatic hydroxyl groups is 1. The number of carbonyl (C=O) groups excluding carboxylic acids is 1. The Morgan fingerprint density at radius 1 is 1.03 bits per heavy atom. The third-order valence-corrected chi connectivity index (χ3v) is 6.14. The van der Waals surface area contributed by atoms with Gasteiger partial charge in [-0.15, -0.1) is 0 Å².